The van der Waals surface area contributed by atoms with Crippen molar-refractivity contribution in [3.8, 4) is 17.0 Å². The Labute approximate surface area is 170 Å². The van der Waals surface area contributed by atoms with Crippen LogP contribution in [0.15, 0.2) is 56.5 Å². The van der Waals surface area contributed by atoms with Crippen molar-refractivity contribution < 1.29 is 9.90 Å². The monoisotopic (exact) mass is 496 g/mol. The number of aromatic amines is 1. The normalized spacial score (nSPS) is 11.0. The van der Waals surface area contributed by atoms with Gasteiger partial charge in [-0.2, -0.15) is 10.2 Å². The SMILES string of the molecule is O=C(NN=Cc1cc(Br)cc(Br)c1O)c1cc(-c2ccc(Cl)cc2)n[nH]1. The van der Waals surface area contributed by atoms with Crippen LogP contribution in [0.1, 0.15) is 16.1 Å². The molecule has 3 aromatic rings. The second-order valence-corrected chi connectivity index (χ2v) is 7.40. The number of carbonyl (C=O) groups is 1. The number of halogens is 3. The van der Waals surface area contributed by atoms with Gasteiger partial charge >= 0.3 is 0 Å². The van der Waals surface area contributed by atoms with Crippen molar-refractivity contribution in [2.24, 2.45) is 5.10 Å². The number of carbonyl (C=O) groups excluding carboxylic acids is 1. The molecule has 2 aromatic carbocycles. The molecule has 0 aliphatic carbocycles. The third-order valence-corrected chi connectivity index (χ3v) is 4.70. The summed E-state index contributed by atoms with van der Waals surface area (Å²) in [5.74, 6) is -0.430. The molecule has 0 saturated carbocycles. The fourth-order valence-electron chi connectivity index (χ4n) is 2.11. The summed E-state index contributed by atoms with van der Waals surface area (Å²) < 4.78 is 1.27. The average molecular weight is 499 g/mol. The van der Waals surface area contributed by atoms with E-state index >= 15 is 0 Å². The van der Waals surface area contributed by atoms with E-state index < -0.39 is 5.91 Å². The average Bonchev–Trinajstić information content (AvgIpc) is 3.09. The molecular formula is C17H11Br2ClN4O2. The first-order chi connectivity index (χ1) is 12.4. The highest BCUT2D eigenvalue weighted by Crippen LogP contribution is 2.30. The molecule has 0 bridgehead atoms. The molecular weight excluding hydrogens is 487 g/mol. The summed E-state index contributed by atoms with van der Waals surface area (Å²) in [7, 11) is 0. The molecule has 0 aliphatic rings. The molecule has 0 fully saturated rings. The van der Waals surface area contributed by atoms with Crippen LogP contribution < -0.4 is 5.43 Å². The third-order valence-electron chi connectivity index (χ3n) is 3.39. The molecule has 9 heteroatoms. The van der Waals surface area contributed by atoms with E-state index in [4.69, 9.17) is 11.6 Å². The minimum atomic E-state index is -0.456. The number of hydrogen-bond donors (Lipinski definition) is 3. The Morgan fingerprint density at radius 1 is 1.23 bits per heavy atom. The number of amides is 1. The number of benzene rings is 2. The molecule has 0 radical (unpaired) electrons. The van der Waals surface area contributed by atoms with Gasteiger partial charge in [0.1, 0.15) is 11.4 Å². The summed E-state index contributed by atoms with van der Waals surface area (Å²) >= 11 is 12.4. The minimum Gasteiger partial charge on any atom is -0.506 e. The smallest absolute Gasteiger partial charge is 0.289 e. The first-order valence-corrected chi connectivity index (χ1v) is 9.23. The van der Waals surface area contributed by atoms with Crippen LogP contribution in [0.2, 0.25) is 5.02 Å². The lowest BCUT2D eigenvalue weighted by Crippen LogP contribution is -2.18. The van der Waals surface area contributed by atoms with Gasteiger partial charge in [0.25, 0.3) is 5.91 Å². The quantitative estimate of drug-likeness (QED) is 0.359. The van der Waals surface area contributed by atoms with Crippen LogP contribution in [0.25, 0.3) is 11.3 Å². The lowest BCUT2D eigenvalue weighted by molar-refractivity contribution is 0.0950. The van der Waals surface area contributed by atoms with Crippen LogP contribution in [-0.2, 0) is 0 Å². The summed E-state index contributed by atoms with van der Waals surface area (Å²) in [6.45, 7) is 0. The number of nitrogens with zero attached hydrogens (tertiary/aromatic N) is 2. The predicted octanol–water partition coefficient (Wildman–Crippen LogP) is 4.72. The molecule has 0 atom stereocenters. The molecule has 1 aromatic heterocycles. The maximum Gasteiger partial charge on any atom is 0.289 e. The Morgan fingerprint density at radius 2 is 1.96 bits per heavy atom. The third kappa shape index (κ3) is 4.32. The van der Waals surface area contributed by atoms with Gasteiger partial charge in [0.15, 0.2) is 0 Å². The first-order valence-electron chi connectivity index (χ1n) is 7.27. The Balaban J connectivity index is 1.70. The van der Waals surface area contributed by atoms with Crippen LogP contribution in [0, 0.1) is 0 Å². The van der Waals surface area contributed by atoms with Gasteiger partial charge in [-0.3, -0.25) is 9.89 Å². The number of rotatable bonds is 4. The van der Waals surface area contributed by atoms with Gasteiger partial charge in [-0.15, -0.1) is 0 Å². The molecule has 132 valence electrons. The molecule has 1 amide bonds. The van der Waals surface area contributed by atoms with Crippen LogP contribution >= 0.6 is 43.5 Å². The highest BCUT2D eigenvalue weighted by Gasteiger charge is 2.11. The molecule has 0 saturated heterocycles. The number of phenols is 1. The minimum absolute atomic E-state index is 0.0257. The second-order valence-electron chi connectivity index (χ2n) is 5.20. The topological polar surface area (TPSA) is 90.4 Å². The van der Waals surface area contributed by atoms with Gasteiger partial charge in [0.05, 0.1) is 16.4 Å². The van der Waals surface area contributed by atoms with Crippen molar-refractivity contribution in [2.75, 3.05) is 0 Å². The van der Waals surface area contributed by atoms with E-state index in [0.29, 0.717) is 20.8 Å². The summed E-state index contributed by atoms with van der Waals surface area (Å²) in [4.78, 5) is 12.2. The fraction of sp³-hybridized carbons (Fsp3) is 0. The van der Waals surface area contributed by atoms with Gasteiger partial charge in [-0.25, -0.2) is 5.43 Å². The highest BCUT2D eigenvalue weighted by atomic mass is 79.9. The zero-order valence-electron chi connectivity index (χ0n) is 13.0. The van der Waals surface area contributed by atoms with Crippen molar-refractivity contribution in [3.05, 3.63) is 67.7 Å². The molecule has 3 N–H and O–H groups in total. The molecule has 26 heavy (non-hydrogen) atoms. The van der Waals surface area contributed by atoms with E-state index in [1.807, 2.05) is 12.1 Å². The van der Waals surface area contributed by atoms with Crippen molar-refractivity contribution in [2.45, 2.75) is 0 Å². The molecule has 3 rings (SSSR count). The zero-order chi connectivity index (χ0) is 18.7. The number of phenolic OH excluding ortho intramolecular Hbond substituents is 1. The number of H-pyrrole nitrogens is 1. The van der Waals surface area contributed by atoms with Gasteiger partial charge in [0.2, 0.25) is 0 Å². The molecule has 6 nitrogen and oxygen atoms in total. The second kappa shape index (κ2) is 8.03. The van der Waals surface area contributed by atoms with Crippen molar-refractivity contribution >= 4 is 55.6 Å². The number of nitrogens with one attached hydrogen (secondary N) is 2. The molecule has 1 heterocycles. The maximum absolute atomic E-state index is 12.2. The molecule has 0 spiro atoms. The van der Waals surface area contributed by atoms with E-state index in [1.54, 1.807) is 30.3 Å². The van der Waals surface area contributed by atoms with Gasteiger partial charge < -0.3 is 5.11 Å². The largest absolute Gasteiger partial charge is 0.506 e. The Kier molecular flexibility index (Phi) is 5.75. The van der Waals surface area contributed by atoms with Crippen molar-refractivity contribution in [1.29, 1.82) is 0 Å². The summed E-state index contributed by atoms with van der Waals surface area (Å²) in [6, 6.07) is 12.1. The van der Waals surface area contributed by atoms with Crippen molar-refractivity contribution in [1.82, 2.24) is 15.6 Å². The van der Waals surface area contributed by atoms with Gasteiger partial charge in [-0.1, -0.05) is 39.7 Å². The Bertz CT molecular complexity index is 987. The summed E-state index contributed by atoms with van der Waals surface area (Å²) in [5, 5.41) is 21.2. The maximum atomic E-state index is 12.2. The number of aromatic hydroxyl groups is 1. The van der Waals surface area contributed by atoms with Crippen molar-refractivity contribution in [3.63, 3.8) is 0 Å². The Hall–Kier alpha value is -2.16. The molecule has 0 aliphatic heterocycles. The Morgan fingerprint density at radius 3 is 2.69 bits per heavy atom. The highest BCUT2D eigenvalue weighted by molar-refractivity contribution is 9.11. The van der Waals surface area contributed by atoms with Gasteiger partial charge in [0, 0.05) is 20.6 Å². The number of hydrogen-bond acceptors (Lipinski definition) is 4. The zero-order valence-corrected chi connectivity index (χ0v) is 16.9. The van der Waals surface area contributed by atoms with E-state index in [0.717, 1.165) is 10.0 Å². The first kappa shape index (κ1) is 18.6. The molecule has 0 unspecified atom stereocenters. The van der Waals surface area contributed by atoms with Crippen LogP contribution in [-0.4, -0.2) is 27.4 Å². The van der Waals surface area contributed by atoms with Crippen LogP contribution in [0.3, 0.4) is 0 Å². The van der Waals surface area contributed by atoms with E-state index in [1.165, 1.54) is 6.21 Å². The standard InChI is InChI=1S/C17H11Br2ClN4O2/c18-11-5-10(16(25)13(19)6-11)8-21-24-17(26)15-7-14(22-23-15)9-1-3-12(20)4-2-9/h1-8,25H,(H,22,23)(H,24,26). The lowest BCUT2D eigenvalue weighted by Gasteiger charge is -2.02. The lowest BCUT2D eigenvalue weighted by atomic mass is 10.1. The summed E-state index contributed by atoms with van der Waals surface area (Å²) in [6.07, 6.45) is 1.35. The number of aromatic nitrogens is 2. The van der Waals surface area contributed by atoms with E-state index in [9.17, 15) is 9.90 Å². The number of hydrazone groups is 1. The van der Waals surface area contributed by atoms with Crippen LogP contribution in [0.4, 0.5) is 0 Å². The van der Waals surface area contributed by atoms with E-state index in [-0.39, 0.29) is 11.4 Å². The van der Waals surface area contributed by atoms with Gasteiger partial charge in [-0.05, 0) is 46.3 Å². The van der Waals surface area contributed by atoms with E-state index in [2.05, 4.69) is 52.6 Å². The summed E-state index contributed by atoms with van der Waals surface area (Å²) in [5.41, 5.74) is 4.53. The van der Waals surface area contributed by atoms with Crippen LogP contribution in [0.5, 0.6) is 5.75 Å². The fourth-order valence-corrected chi connectivity index (χ4v) is 3.50. The predicted molar refractivity (Wildman–Crippen MR) is 108 cm³/mol.